The SMILES string of the molecule is CN1CCN(C(=O)c2ccccc2NC(=S)NC(=O)c2ccc(Br)o2)CC1. The first-order valence-corrected chi connectivity index (χ1v) is 9.58. The van der Waals surface area contributed by atoms with Crippen molar-refractivity contribution in [2.75, 3.05) is 38.5 Å². The van der Waals surface area contributed by atoms with Gasteiger partial charge in [0.05, 0.1) is 11.3 Å². The zero-order valence-corrected chi connectivity index (χ0v) is 17.1. The highest BCUT2D eigenvalue weighted by Gasteiger charge is 2.22. The smallest absolute Gasteiger partial charge is 0.293 e. The molecule has 0 unspecified atom stereocenters. The van der Waals surface area contributed by atoms with Gasteiger partial charge in [-0.05, 0) is 59.5 Å². The van der Waals surface area contributed by atoms with E-state index in [1.165, 1.54) is 6.07 Å². The normalized spacial score (nSPS) is 14.7. The fourth-order valence-corrected chi connectivity index (χ4v) is 3.22. The topological polar surface area (TPSA) is 77.8 Å². The second-order valence-corrected chi connectivity index (χ2v) is 7.34. The van der Waals surface area contributed by atoms with Crippen molar-refractivity contribution in [2.24, 2.45) is 0 Å². The highest BCUT2D eigenvalue weighted by atomic mass is 79.9. The summed E-state index contributed by atoms with van der Waals surface area (Å²) in [5.41, 5.74) is 1.06. The molecule has 0 atom stereocenters. The van der Waals surface area contributed by atoms with E-state index in [2.05, 4.69) is 31.5 Å². The highest BCUT2D eigenvalue weighted by Crippen LogP contribution is 2.19. The molecule has 1 fully saturated rings. The highest BCUT2D eigenvalue weighted by molar-refractivity contribution is 9.10. The Morgan fingerprint density at radius 2 is 1.81 bits per heavy atom. The van der Waals surface area contributed by atoms with Crippen molar-refractivity contribution in [3.05, 3.63) is 52.4 Å². The number of carbonyl (C=O) groups excluding carboxylic acids is 2. The monoisotopic (exact) mass is 450 g/mol. The number of nitrogens with one attached hydrogen (secondary N) is 2. The zero-order chi connectivity index (χ0) is 19.4. The molecule has 142 valence electrons. The maximum Gasteiger partial charge on any atom is 0.293 e. The third-order valence-electron chi connectivity index (χ3n) is 4.22. The molecule has 0 bridgehead atoms. The molecule has 9 heteroatoms. The van der Waals surface area contributed by atoms with Crippen molar-refractivity contribution in [1.82, 2.24) is 15.1 Å². The summed E-state index contributed by atoms with van der Waals surface area (Å²) in [7, 11) is 2.04. The Morgan fingerprint density at radius 1 is 1.11 bits per heavy atom. The lowest BCUT2D eigenvalue weighted by Gasteiger charge is -2.32. The van der Waals surface area contributed by atoms with Crippen LogP contribution in [0.1, 0.15) is 20.9 Å². The van der Waals surface area contributed by atoms with Gasteiger partial charge in [0.25, 0.3) is 11.8 Å². The van der Waals surface area contributed by atoms with Gasteiger partial charge < -0.3 is 19.5 Å². The summed E-state index contributed by atoms with van der Waals surface area (Å²) in [6.45, 7) is 3.04. The minimum absolute atomic E-state index is 0.0599. The molecule has 1 aromatic heterocycles. The molecule has 27 heavy (non-hydrogen) atoms. The van der Waals surface area contributed by atoms with Crippen LogP contribution in [0.3, 0.4) is 0 Å². The average molecular weight is 451 g/mol. The number of amides is 2. The molecular formula is C18H19BrN4O3S. The molecule has 0 saturated carbocycles. The van der Waals surface area contributed by atoms with Gasteiger partial charge in [0, 0.05) is 26.2 Å². The van der Waals surface area contributed by atoms with E-state index >= 15 is 0 Å². The summed E-state index contributed by atoms with van der Waals surface area (Å²) in [6.07, 6.45) is 0. The van der Waals surface area contributed by atoms with Crippen LogP contribution < -0.4 is 10.6 Å². The lowest BCUT2D eigenvalue weighted by atomic mass is 10.1. The first-order chi connectivity index (χ1) is 12.9. The van der Waals surface area contributed by atoms with E-state index < -0.39 is 5.91 Å². The molecule has 1 aliphatic heterocycles. The number of rotatable bonds is 3. The van der Waals surface area contributed by atoms with Crippen molar-refractivity contribution < 1.29 is 14.0 Å². The van der Waals surface area contributed by atoms with Gasteiger partial charge in [-0.3, -0.25) is 14.9 Å². The average Bonchev–Trinajstić information content (AvgIpc) is 3.09. The van der Waals surface area contributed by atoms with Gasteiger partial charge in [-0.2, -0.15) is 0 Å². The molecule has 0 spiro atoms. The lowest BCUT2D eigenvalue weighted by molar-refractivity contribution is 0.0665. The Bertz CT molecular complexity index is 862. The number of nitrogens with zero attached hydrogens (tertiary/aromatic N) is 2. The van der Waals surface area contributed by atoms with Crippen LogP contribution in [0.2, 0.25) is 0 Å². The van der Waals surface area contributed by atoms with Crippen LogP contribution in [0.15, 0.2) is 45.5 Å². The Balaban J connectivity index is 1.67. The Morgan fingerprint density at radius 3 is 2.48 bits per heavy atom. The minimum Gasteiger partial charge on any atom is -0.444 e. The van der Waals surface area contributed by atoms with Gasteiger partial charge >= 0.3 is 0 Å². The largest absolute Gasteiger partial charge is 0.444 e. The predicted molar refractivity (Wildman–Crippen MR) is 110 cm³/mol. The van der Waals surface area contributed by atoms with Gasteiger partial charge in [0.1, 0.15) is 0 Å². The molecule has 2 heterocycles. The molecule has 2 N–H and O–H groups in total. The number of carbonyl (C=O) groups is 2. The van der Waals surface area contributed by atoms with E-state index in [-0.39, 0.29) is 16.8 Å². The van der Waals surface area contributed by atoms with Crippen LogP contribution >= 0.6 is 28.1 Å². The van der Waals surface area contributed by atoms with Crippen molar-refractivity contribution in [3.8, 4) is 0 Å². The van der Waals surface area contributed by atoms with E-state index in [1.807, 2.05) is 11.9 Å². The number of halogens is 1. The zero-order valence-electron chi connectivity index (χ0n) is 14.7. The summed E-state index contributed by atoms with van der Waals surface area (Å²) in [5, 5.41) is 5.57. The second kappa shape index (κ2) is 8.64. The third-order valence-corrected chi connectivity index (χ3v) is 4.85. The standard InChI is InChI=1S/C18H19BrN4O3S/c1-22-8-10-23(11-9-22)17(25)12-4-2-3-5-13(12)20-18(27)21-16(24)14-6-7-15(19)26-14/h2-7H,8-11H2,1H3,(H2,20,21,24,27). The lowest BCUT2D eigenvalue weighted by Crippen LogP contribution is -2.47. The van der Waals surface area contributed by atoms with Crippen molar-refractivity contribution in [2.45, 2.75) is 0 Å². The van der Waals surface area contributed by atoms with Crippen LogP contribution in [0, 0.1) is 0 Å². The number of piperazine rings is 1. The van der Waals surface area contributed by atoms with Gasteiger partial charge in [-0.25, -0.2) is 0 Å². The molecular weight excluding hydrogens is 432 g/mol. The molecule has 1 saturated heterocycles. The van der Waals surface area contributed by atoms with E-state index in [4.69, 9.17) is 16.6 Å². The Kier molecular flexibility index (Phi) is 6.25. The van der Waals surface area contributed by atoms with Crippen LogP contribution in [0.5, 0.6) is 0 Å². The van der Waals surface area contributed by atoms with Gasteiger partial charge in [-0.15, -0.1) is 0 Å². The van der Waals surface area contributed by atoms with Crippen molar-refractivity contribution in [1.29, 1.82) is 0 Å². The number of furan rings is 1. The Hall–Kier alpha value is -2.23. The van der Waals surface area contributed by atoms with E-state index in [9.17, 15) is 9.59 Å². The maximum absolute atomic E-state index is 12.9. The summed E-state index contributed by atoms with van der Waals surface area (Å²) >= 11 is 8.36. The van der Waals surface area contributed by atoms with Gasteiger partial charge in [-0.1, -0.05) is 12.1 Å². The summed E-state index contributed by atoms with van der Waals surface area (Å²) in [5.74, 6) is -0.399. The molecule has 1 aromatic carbocycles. The van der Waals surface area contributed by atoms with E-state index in [0.29, 0.717) is 29.0 Å². The summed E-state index contributed by atoms with van der Waals surface area (Å²) in [4.78, 5) is 29.0. The fourth-order valence-electron chi connectivity index (χ4n) is 2.71. The number of hydrogen-bond donors (Lipinski definition) is 2. The van der Waals surface area contributed by atoms with Gasteiger partial charge in [0.15, 0.2) is 15.5 Å². The number of likely N-dealkylation sites (N-methyl/N-ethyl adjacent to an activating group) is 1. The van der Waals surface area contributed by atoms with Crippen molar-refractivity contribution in [3.63, 3.8) is 0 Å². The molecule has 0 radical (unpaired) electrons. The van der Waals surface area contributed by atoms with Crippen LogP contribution in [-0.2, 0) is 0 Å². The maximum atomic E-state index is 12.9. The fraction of sp³-hybridized carbons (Fsp3) is 0.278. The molecule has 1 aliphatic rings. The van der Waals surface area contributed by atoms with E-state index in [1.54, 1.807) is 30.3 Å². The second-order valence-electron chi connectivity index (χ2n) is 6.15. The van der Waals surface area contributed by atoms with Gasteiger partial charge in [0.2, 0.25) is 0 Å². The minimum atomic E-state index is -0.471. The number of thiocarbonyl (C=S) groups is 1. The first kappa shape index (κ1) is 19.5. The predicted octanol–water partition coefficient (Wildman–Crippen LogP) is 2.56. The van der Waals surface area contributed by atoms with Crippen LogP contribution in [-0.4, -0.2) is 60.0 Å². The van der Waals surface area contributed by atoms with Crippen LogP contribution in [0.25, 0.3) is 0 Å². The molecule has 7 nitrogen and oxygen atoms in total. The quantitative estimate of drug-likeness (QED) is 0.699. The first-order valence-electron chi connectivity index (χ1n) is 8.38. The number of anilines is 1. The summed E-state index contributed by atoms with van der Waals surface area (Å²) < 4.78 is 5.65. The Labute approximate surface area is 170 Å². The molecule has 3 rings (SSSR count). The number of para-hydroxylation sites is 1. The third kappa shape index (κ3) is 4.94. The van der Waals surface area contributed by atoms with Crippen molar-refractivity contribution >= 4 is 50.8 Å². The molecule has 2 amide bonds. The van der Waals surface area contributed by atoms with E-state index in [0.717, 1.165) is 13.1 Å². The number of hydrogen-bond acceptors (Lipinski definition) is 5. The number of benzene rings is 1. The molecule has 0 aliphatic carbocycles. The van der Waals surface area contributed by atoms with Crippen LogP contribution in [0.4, 0.5) is 5.69 Å². The molecule has 2 aromatic rings. The summed E-state index contributed by atoms with van der Waals surface area (Å²) in [6, 6.07) is 10.3.